The highest BCUT2D eigenvalue weighted by molar-refractivity contribution is 5.67. The normalized spacial score (nSPS) is 9.83. The Morgan fingerprint density at radius 1 is 1.33 bits per heavy atom. The minimum Gasteiger partial charge on any atom is -0.503 e. The molecule has 0 spiro atoms. The van der Waals surface area contributed by atoms with Gasteiger partial charge in [-0.05, 0) is 18.6 Å². The average molecular weight is 169 g/mol. The van der Waals surface area contributed by atoms with Crippen LogP contribution in [0.15, 0.2) is 6.07 Å². The van der Waals surface area contributed by atoms with E-state index in [1.165, 1.54) is 13.2 Å². The lowest BCUT2D eigenvalue weighted by Gasteiger charge is -2.09. The number of hydrogen-bond acceptors (Lipinski definition) is 4. The molecule has 0 saturated carbocycles. The Balaban J connectivity index is 3.40. The molecular formula is C8H11NO3. The van der Waals surface area contributed by atoms with Gasteiger partial charge in [0.1, 0.15) is 0 Å². The van der Waals surface area contributed by atoms with Gasteiger partial charge >= 0.3 is 0 Å². The summed E-state index contributed by atoms with van der Waals surface area (Å²) in [5.41, 5.74) is 6.21. The molecule has 0 saturated heterocycles. The molecule has 4 heteroatoms. The number of ether oxygens (including phenoxy) is 1. The highest BCUT2D eigenvalue weighted by Crippen LogP contribution is 2.41. The monoisotopic (exact) mass is 169 g/mol. The fraction of sp³-hybridized carbons (Fsp3) is 0.250. The number of rotatable bonds is 1. The van der Waals surface area contributed by atoms with Gasteiger partial charge in [0.05, 0.1) is 12.8 Å². The van der Waals surface area contributed by atoms with Gasteiger partial charge in [0.15, 0.2) is 11.5 Å². The van der Waals surface area contributed by atoms with Gasteiger partial charge < -0.3 is 20.7 Å². The molecule has 0 bridgehead atoms. The maximum Gasteiger partial charge on any atom is 0.203 e. The van der Waals surface area contributed by atoms with Crippen molar-refractivity contribution in [3.05, 3.63) is 11.6 Å². The van der Waals surface area contributed by atoms with E-state index in [1.807, 2.05) is 0 Å². The molecular weight excluding hydrogens is 158 g/mol. The largest absolute Gasteiger partial charge is 0.503 e. The second kappa shape index (κ2) is 2.81. The Bertz CT molecular complexity index is 310. The number of phenols is 2. The maximum atomic E-state index is 9.30. The van der Waals surface area contributed by atoms with E-state index < -0.39 is 0 Å². The molecule has 1 aromatic carbocycles. The van der Waals surface area contributed by atoms with E-state index in [-0.39, 0.29) is 22.9 Å². The van der Waals surface area contributed by atoms with Crippen molar-refractivity contribution in [3.8, 4) is 17.2 Å². The van der Waals surface area contributed by atoms with Crippen LogP contribution >= 0.6 is 0 Å². The van der Waals surface area contributed by atoms with Crippen LogP contribution < -0.4 is 10.5 Å². The number of aryl methyl sites for hydroxylation is 1. The van der Waals surface area contributed by atoms with E-state index in [9.17, 15) is 10.2 Å². The van der Waals surface area contributed by atoms with E-state index in [4.69, 9.17) is 10.5 Å². The van der Waals surface area contributed by atoms with Crippen molar-refractivity contribution in [2.24, 2.45) is 0 Å². The van der Waals surface area contributed by atoms with Gasteiger partial charge in [-0.2, -0.15) is 0 Å². The molecule has 0 aliphatic carbocycles. The molecule has 0 amide bonds. The number of benzene rings is 1. The Hall–Kier alpha value is -1.58. The molecule has 0 aliphatic heterocycles. The fourth-order valence-corrected chi connectivity index (χ4v) is 1.06. The van der Waals surface area contributed by atoms with E-state index in [0.717, 1.165) is 0 Å². The van der Waals surface area contributed by atoms with Crippen molar-refractivity contribution in [1.82, 2.24) is 0 Å². The first-order valence-corrected chi connectivity index (χ1v) is 3.43. The predicted molar refractivity (Wildman–Crippen MR) is 45.5 cm³/mol. The lowest BCUT2D eigenvalue weighted by molar-refractivity contribution is 0.350. The smallest absolute Gasteiger partial charge is 0.203 e. The average Bonchev–Trinajstić information content (AvgIpc) is 2.01. The van der Waals surface area contributed by atoms with Crippen molar-refractivity contribution in [1.29, 1.82) is 0 Å². The molecule has 4 N–H and O–H groups in total. The van der Waals surface area contributed by atoms with Crippen LogP contribution in [-0.2, 0) is 0 Å². The molecule has 0 fully saturated rings. The van der Waals surface area contributed by atoms with Crippen molar-refractivity contribution in [2.75, 3.05) is 12.8 Å². The number of phenolic OH excluding ortho intramolecular Hbond substituents is 2. The number of anilines is 1. The summed E-state index contributed by atoms with van der Waals surface area (Å²) in [6, 6.07) is 1.54. The fourth-order valence-electron chi connectivity index (χ4n) is 1.06. The number of nitrogen functional groups attached to an aromatic ring is 1. The Morgan fingerprint density at radius 3 is 2.42 bits per heavy atom. The van der Waals surface area contributed by atoms with Crippen molar-refractivity contribution >= 4 is 5.69 Å². The molecule has 1 aromatic rings. The van der Waals surface area contributed by atoms with E-state index >= 15 is 0 Å². The molecule has 0 aliphatic rings. The Morgan fingerprint density at radius 2 is 1.92 bits per heavy atom. The van der Waals surface area contributed by atoms with Crippen LogP contribution in [0.25, 0.3) is 0 Å². The summed E-state index contributed by atoms with van der Waals surface area (Å²) in [7, 11) is 1.41. The van der Waals surface area contributed by atoms with Gasteiger partial charge in [0, 0.05) is 0 Å². The second-order valence-corrected chi connectivity index (χ2v) is 2.51. The number of hydrogen-bond donors (Lipinski definition) is 3. The summed E-state index contributed by atoms with van der Waals surface area (Å²) >= 11 is 0. The van der Waals surface area contributed by atoms with Crippen LogP contribution in [0.3, 0.4) is 0 Å². The topological polar surface area (TPSA) is 75.7 Å². The molecule has 0 heterocycles. The highest BCUT2D eigenvalue weighted by atomic mass is 16.5. The van der Waals surface area contributed by atoms with Gasteiger partial charge in [0.25, 0.3) is 0 Å². The number of aromatic hydroxyl groups is 2. The summed E-state index contributed by atoms with van der Waals surface area (Å²) in [5, 5.41) is 18.5. The summed E-state index contributed by atoms with van der Waals surface area (Å²) < 4.78 is 4.85. The molecule has 12 heavy (non-hydrogen) atoms. The number of methoxy groups -OCH3 is 1. The van der Waals surface area contributed by atoms with Crippen LogP contribution in [0.2, 0.25) is 0 Å². The van der Waals surface area contributed by atoms with Crippen LogP contribution in [0, 0.1) is 6.92 Å². The van der Waals surface area contributed by atoms with Gasteiger partial charge in [-0.3, -0.25) is 0 Å². The van der Waals surface area contributed by atoms with Crippen LogP contribution in [0.4, 0.5) is 5.69 Å². The van der Waals surface area contributed by atoms with Crippen molar-refractivity contribution in [3.63, 3.8) is 0 Å². The molecule has 1 rings (SSSR count). The molecule has 0 unspecified atom stereocenters. The standard InChI is InChI=1S/C8H11NO3/c1-4-3-5(9)6(10)7(11)8(4)12-2/h3,10-11H,9H2,1-2H3. The SMILES string of the molecule is COc1c(C)cc(N)c(O)c1O. The highest BCUT2D eigenvalue weighted by Gasteiger charge is 2.13. The van der Waals surface area contributed by atoms with Gasteiger partial charge in [-0.15, -0.1) is 0 Å². The summed E-state index contributed by atoms with van der Waals surface area (Å²) in [5.74, 6) is -0.394. The van der Waals surface area contributed by atoms with Crippen LogP contribution in [0.5, 0.6) is 17.2 Å². The Labute approximate surface area is 70.2 Å². The first-order valence-electron chi connectivity index (χ1n) is 3.43. The third-order valence-corrected chi connectivity index (χ3v) is 1.65. The zero-order valence-corrected chi connectivity index (χ0v) is 6.96. The van der Waals surface area contributed by atoms with Gasteiger partial charge in [-0.25, -0.2) is 0 Å². The van der Waals surface area contributed by atoms with Crippen molar-refractivity contribution in [2.45, 2.75) is 6.92 Å². The number of nitrogens with two attached hydrogens (primary N) is 1. The minimum absolute atomic E-state index is 0.144. The second-order valence-electron chi connectivity index (χ2n) is 2.51. The van der Waals surface area contributed by atoms with E-state index in [1.54, 1.807) is 6.92 Å². The summed E-state index contributed by atoms with van der Waals surface area (Å²) in [6.45, 7) is 1.73. The molecule has 0 atom stereocenters. The van der Waals surface area contributed by atoms with Gasteiger partial charge in [0.2, 0.25) is 5.75 Å². The summed E-state index contributed by atoms with van der Waals surface area (Å²) in [6.07, 6.45) is 0. The lowest BCUT2D eigenvalue weighted by atomic mass is 10.1. The predicted octanol–water partition coefficient (Wildman–Crippen LogP) is 0.997. The van der Waals surface area contributed by atoms with Crippen LogP contribution in [0.1, 0.15) is 5.56 Å². The lowest BCUT2D eigenvalue weighted by Crippen LogP contribution is -1.92. The minimum atomic E-state index is -0.336. The molecule has 66 valence electrons. The quantitative estimate of drug-likeness (QED) is 0.433. The first-order chi connectivity index (χ1) is 5.57. The molecule has 4 nitrogen and oxygen atoms in total. The van der Waals surface area contributed by atoms with Crippen LogP contribution in [-0.4, -0.2) is 17.3 Å². The van der Waals surface area contributed by atoms with E-state index in [2.05, 4.69) is 0 Å². The van der Waals surface area contributed by atoms with Gasteiger partial charge in [-0.1, -0.05) is 0 Å². The molecule has 0 aromatic heterocycles. The van der Waals surface area contributed by atoms with E-state index in [0.29, 0.717) is 5.56 Å². The van der Waals surface area contributed by atoms with Crippen molar-refractivity contribution < 1.29 is 14.9 Å². The third-order valence-electron chi connectivity index (χ3n) is 1.65. The first kappa shape index (κ1) is 8.52. The Kier molecular flexibility index (Phi) is 1.99. The third kappa shape index (κ3) is 1.11. The zero-order valence-electron chi connectivity index (χ0n) is 6.96. The summed E-state index contributed by atoms with van der Waals surface area (Å²) in [4.78, 5) is 0. The maximum absolute atomic E-state index is 9.30. The molecule has 0 radical (unpaired) electrons. The zero-order chi connectivity index (χ0) is 9.30.